The smallest absolute Gasteiger partial charge is 0.252 e. The highest BCUT2D eigenvalue weighted by atomic mass is 16.3. The first-order valence-electron chi connectivity index (χ1n) is 9.30. The Labute approximate surface area is 144 Å². The lowest BCUT2D eigenvalue weighted by molar-refractivity contribution is -0.150. The normalized spacial score (nSPS) is 27.1. The quantitative estimate of drug-likeness (QED) is 0.567. The van der Waals surface area contributed by atoms with Crippen LogP contribution in [0, 0.1) is 0 Å². The average molecular weight is 338 g/mol. The number of unbranched alkanes of at least 4 members (excludes halogenated alkanes) is 4. The van der Waals surface area contributed by atoms with Crippen LogP contribution in [0.4, 0.5) is 0 Å². The van der Waals surface area contributed by atoms with Crippen LogP contribution in [0.1, 0.15) is 71.6 Å². The van der Waals surface area contributed by atoms with Crippen LogP contribution in [0.3, 0.4) is 0 Å². The first kappa shape index (κ1) is 18.9. The highest BCUT2D eigenvalue weighted by Gasteiger charge is 2.45. The summed E-state index contributed by atoms with van der Waals surface area (Å²) in [6.07, 6.45) is 6.46. The second-order valence-electron chi connectivity index (χ2n) is 7.02. The van der Waals surface area contributed by atoms with Gasteiger partial charge in [0, 0.05) is 13.0 Å². The maximum absolute atomic E-state index is 12.7. The zero-order valence-electron chi connectivity index (χ0n) is 14.9. The van der Waals surface area contributed by atoms with Gasteiger partial charge in [0.2, 0.25) is 11.8 Å². The fraction of sp³-hybridized carbons (Fsp3) is 0.833. The number of nitrogens with zero attached hydrogens (tertiary/aromatic N) is 2. The van der Waals surface area contributed by atoms with Crippen LogP contribution in [-0.2, 0) is 14.4 Å². The number of carbonyl (C=O) groups excluding carboxylic acids is 3. The number of imide groups is 1. The van der Waals surface area contributed by atoms with Crippen LogP contribution in [-0.4, -0.2) is 57.4 Å². The second kappa shape index (κ2) is 8.60. The van der Waals surface area contributed by atoms with Gasteiger partial charge in [-0.3, -0.25) is 19.3 Å². The van der Waals surface area contributed by atoms with Gasteiger partial charge in [0.05, 0.1) is 18.6 Å². The lowest BCUT2D eigenvalue weighted by atomic mass is 10.1. The highest BCUT2D eigenvalue weighted by Crippen LogP contribution is 2.26. The molecule has 24 heavy (non-hydrogen) atoms. The summed E-state index contributed by atoms with van der Waals surface area (Å²) >= 11 is 0. The molecule has 2 aliphatic rings. The molecule has 2 aliphatic heterocycles. The van der Waals surface area contributed by atoms with Crippen molar-refractivity contribution in [2.75, 3.05) is 6.54 Å². The van der Waals surface area contributed by atoms with E-state index in [1.165, 1.54) is 17.7 Å². The maximum Gasteiger partial charge on any atom is 0.252 e. The van der Waals surface area contributed by atoms with Crippen LogP contribution >= 0.6 is 0 Å². The van der Waals surface area contributed by atoms with Gasteiger partial charge in [0.1, 0.15) is 6.04 Å². The van der Waals surface area contributed by atoms with Gasteiger partial charge < -0.3 is 10.0 Å². The van der Waals surface area contributed by atoms with Gasteiger partial charge in [-0.2, -0.15) is 0 Å². The lowest BCUT2D eigenvalue weighted by Gasteiger charge is -2.29. The van der Waals surface area contributed by atoms with E-state index in [0.29, 0.717) is 19.4 Å². The Bertz CT molecular complexity index is 480. The van der Waals surface area contributed by atoms with Crippen LogP contribution in [0.15, 0.2) is 0 Å². The van der Waals surface area contributed by atoms with Crippen molar-refractivity contribution < 1.29 is 19.5 Å². The number of rotatable bonds is 7. The number of aliphatic hydroxyl groups excluding tert-OH is 1. The van der Waals surface area contributed by atoms with Gasteiger partial charge in [0.25, 0.3) is 5.91 Å². The van der Waals surface area contributed by atoms with Gasteiger partial charge in [-0.1, -0.05) is 32.6 Å². The van der Waals surface area contributed by atoms with Crippen LogP contribution in [0.25, 0.3) is 0 Å². The minimum absolute atomic E-state index is 0.00893. The molecule has 0 aliphatic carbocycles. The van der Waals surface area contributed by atoms with Crippen LogP contribution < -0.4 is 0 Å². The number of amides is 3. The van der Waals surface area contributed by atoms with Gasteiger partial charge in [-0.05, 0) is 26.2 Å². The molecule has 2 saturated heterocycles. The maximum atomic E-state index is 12.7. The molecule has 1 N–H and O–H groups in total. The lowest BCUT2D eigenvalue weighted by Crippen LogP contribution is -2.51. The SMILES string of the molecule is CCCCCCCC(=O)N1CCC[C@H]1C(=O)N1C(=O)CC(O)[C@@H]1C. The molecule has 2 rings (SSSR count). The zero-order chi connectivity index (χ0) is 17.7. The van der Waals surface area contributed by atoms with Gasteiger partial charge >= 0.3 is 0 Å². The number of hydrogen-bond acceptors (Lipinski definition) is 4. The van der Waals surface area contributed by atoms with Crippen molar-refractivity contribution in [1.29, 1.82) is 0 Å². The molecule has 2 heterocycles. The van der Waals surface area contributed by atoms with E-state index in [1.54, 1.807) is 11.8 Å². The van der Waals surface area contributed by atoms with Crippen molar-refractivity contribution in [1.82, 2.24) is 9.80 Å². The summed E-state index contributed by atoms with van der Waals surface area (Å²) in [4.78, 5) is 40.0. The minimum atomic E-state index is -0.800. The summed E-state index contributed by atoms with van der Waals surface area (Å²) < 4.78 is 0. The van der Waals surface area contributed by atoms with Crippen molar-refractivity contribution in [3.63, 3.8) is 0 Å². The third-order valence-corrected chi connectivity index (χ3v) is 5.21. The van der Waals surface area contributed by atoms with E-state index < -0.39 is 18.2 Å². The Balaban J connectivity index is 1.91. The van der Waals surface area contributed by atoms with Crippen molar-refractivity contribution in [3.05, 3.63) is 0 Å². The van der Waals surface area contributed by atoms with E-state index in [1.807, 2.05) is 0 Å². The topological polar surface area (TPSA) is 77.9 Å². The molecular weight excluding hydrogens is 308 g/mol. The molecule has 0 aromatic heterocycles. The predicted molar refractivity (Wildman–Crippen MR) is 90.0 cm³/mol. The fourth-order valence-corrected chi connectivity index (χ4v) is 3.68. The summed E-state index contributed by atoms with van der Waals surface area (Å²) in [7, 11) is 0. The third kappa shape index (κ3) is 4.15. The molecule has 0 aromatic carbocycles. The summed E-state index contributed by atoms with van der Waals surface area (Å²) in [6.45, 7) is 4.43. The van der Waals surface area contributed by atoms with E-state index in [4.69, 9.17) is 0 Å². The number of aliphatic hydroxyl groups is 1. The molecule has 0 saturated carbocycles. The van der Waals surface area contributed by atoms with E-state index >= 15 is 0 Å². The van der Waals surface area contributed by atoms with Crippen LogP contribution in [0.5, 0.6) is 0 Å². The molecule has 1 unspecified atom stereocenters. The zero-order valence-corrected chi connectivity index (χ0v) is 14.9. The fourth-order valence-electron chi connectivity index (χ4n) is 3.68. The van der Waals surface area contributed by atoms with Crippen LogP contribution in [0.2, 0.25) is 0 Å². The summed E-state index contributed by atoms with van der Waals surface area (Å²) in [6, 6.07) is -1.04. The largest absolute Gasteiger partial charge is 0.390 e. The molecule has 0 spiro atoms. The Hall–Kier alpha value is -1.43. The molecule has 3 amide bonds. The molecule has 136 valence electrons. The van der Waals surface area contributed by atoms with E-state index in [2.05, 4.69) is 6.92 Å². The molecular formula is C18H30N2O4. The first-order chi connectivity index (χ1) is 11.5. The van der Waals surface area contributed by atoms with E-state index in [9.17, 15) is 19.5 Å². The summed E-state index contributed by atoms with van der Waals surface area (Å²) in [5.74, 6) is -0.637. The van der Waals surface area contributed by atoms with Crippen molar-refractivity contribution in [2.24, 2.45) is 0 Å². The molecule has 6 nitrogen and oxygen atoms in total. The van der Waals surface area contributed by atoms with Gasteiger partial charge in [-0.15, -0.1) is 0 Å². The molecule has 6 heteroatoms. The third-order valence-electron chi connectivity index (χ3n) is 5.21. The molecule has 0 radical (unpaired) electrons. The predicted octanol–water partition coefficient (Wildman–Crippen LogP) is 1.85. The van der Waals surface area contributed by atoms with Crippen molar-refractivity contribution in [2.45, 2.75) is 89.8 Å². The highest BCUT2D eigenvalue weighted by molar-refractivity contribution is 6.01. The number of likely N-dealkylation sites (tertiary alicyclic amines) is 2. The second-order valence-corrected chi connectivity index (χ2v) is 7.02. The van der Waals surface area contributed by atoms with Crippen molar-refractivity contribution >= 4 is 17.7 Å². The molecule has 0 aromatic rings. The number of carbonyl (C=O) groups is 3. The Morgan fingerprint density at radius 2 is 1.92 bits per heavy atom. The monoisotopic (exact) mass is 338 g/mol. The Morgan fingerprint density at radius 3 is 2.54 bits per heavy atom. The molecule has 3 atom stereocenters. The first-order valence-corrected chi connectivity index (χ1v) is 9.30. The number of hydrogen-bond donors (Lipinski definition) is 1. The Morgan fingerprint density at radius 1 is 1.21 bits per heavy atom. The standard InChI is InChI=1S/C18H30N2O4/c1-3-4-5-6-7-10-16(22)19-11-8-9-14(19)18(24)20-13(2)15(21)12-17(20)23/h13-15,21H,3-12H2,1-2H3/t13-,14-,15?/m0/s1. The van der Waals surface area contributed by atoms with Gasteiger partial charge in [-0.25, -0.2) is 0 Å². The Kier molecular flexibility index (Phi) is 6.78. The van der Waals surface area contributed by atoms with E-state index in [0.717, 1.165) is 25.7 Å². The molecule has 0 bridgehead atoms. The van der Waals surface area contributed by atoms with E-state index in [-0.39, 0.29) is 24.1 Å². The van der Waals surface area contributed by atoms with Gasteiger partial charge in [0.15, 0.2) is 0 Å². The molecule has 2 fully saturated rings. The summed E-state index contributed by atoms with van der Waals surface area (Å²) in [5, 5.41) is 9.80. The average Bonchev–Trinajstić information content (AvgIpc) is 3.12. The minimum Gasteiger partial charge on any atom is -0.390 e. The summed E-state index contributed by atoms with van der Waals surface area (Å²) in [5.41, 5.74) is 0. The van der Waals surface area contributed by atoms with Crippen molar-refractivity contribution in [3.8, 4) is 0 Å².